The van der Waals surface area contributed by atoms with Gasteiger partial charge in [-0.25, -0.2) is 4.99 Å². The van der Waals surface area contributed by atoms with Gasteiger partial charge >= 0.3 is 0 Å². The molecule has 0 aromatic heterocycles. The molecule has 1 fully saturated rings. The number of ether oxygens (including phenoxy) is 2. The fourth-order valence-electron chi connectivity index (χ4n) is 3.36. The SMILES string of the molecule is CCOc1c(C=C2SC(=Nc3ccccc3)N(Cc3ccccc3)C2=O)cccc1OC. The molecule has 1 aliphatic rings. The summed E-state index contributed by atoms with van der Waals surface area (Å²) in [5, 5.41) is 0.650. The standard InChI is InChI=1S/C26H24N2O3S/c1-3-31-24-20(13-10-16-22(24)30-2)17-23-25(29)28(18-19-11-6-4-7-12-19)26(32-23)27-21-14-8-5-9-15-21/h4-17H,3,18H2,1-2H3. The van der Waals surface area contributed by atoms with Crippen molar-refractivity contribution in [3.05, 3.63) is 94.9 Å². The molecule has 3 aromatic rings. The highest BCUT2D eigenvalue weighted by molar-refractivity contribution is 8.18. The molecule has 1 aliphatic heterocycles. The van der Waals surface area contributed by atoms with Crippen LogP contribution in [0.5, 0.6) is 11.5 Å². The topological polar surface area (TPSA) is 51.1 Å². The molecule has 32 heavy (non-hydrogen) atoms. The van der Waals surface area contributed by atoms with Gasteiger partial charge in [-0.05, 0) is 48.5 Å². The van der Waals surface area contributed by atoms with Crippen molar-refractivity contribution >= 4 is 34.6 Å². The quantitative estimate of drug-likeness (QED) is 0.426. The van der Waals surface area contributed by atoms with Crippen LogP contribution in [0.4, 0.5) is 5.69 Å². The van der Waals surface area contributed by atoms with Gasteiger partial charge < -0.3 is 9.47 Å². The van der Waals surface area contributed by atoms with Crippen molar-refractivity contribution in [1.82, 2.24) is 4.90 Å². The molecule has 3 aromatic carbocycles. The highest BCUT2D eigenvalue weighted by atomic mass is 32.2. The summed E-state index contributed by atoms with van der Waals surface area (Å²) < 4.78 is 11.3. The van der Waals surface area contributed by atoms with E-state index in [4.69, 9.17) is 14.5 Å². The first-order chi connectivity index (χ1) is 15.7. The van der Waals surface area contributed by atoms with E-state index in [2.05, 4.69) is 0 Å². The normalized spacial score (nSPS) is 16.1. The third-order valence-electron chi connectivity index (χ3n) is 4.86. The lowest BCUT2D eigenvalue weighted by Gasteiger charge is -2.15. The molecule has 6 heteroatoms. The molecule has 0 atom stereocenters. The minimum atomic E-state index is -0.0844. The van der Waals surface area contributed by atoms with Gasteiger partial charge in [-0.1, -0.05) is 60.7 Å². The first-order valence-corrected chi connectivity index (χ1v) is 11.2. The van der Waals surface area contributed by atoms with Crippen LogP contribution >= 0.6 is 11.8 Å². The Balaban J connectivity index is 1.73. The third kappa shape index (κ3) is 4.86. The third-order valence-corrected chi connectivity index (χ3v) is 5.86. The van der Waals surface area contributed by atoms with Crippen LogP contribution in [-0.4, -0.2) is 29.7 Å². The zero-order chi connectivity index (χ0) is 22.3. The van der Waals surface area contributed by atoms with Crippen molar-refractivity contribution in [3.63, 3.8) is 0 Å². The number of thioether (sulfide) groups is 1. The van der Waals surface area contributed by atoms with E-state index in [-0.39, 0.29) is 5.91 Å². The van der Waals surface area contributed by atoms with E-state index in [9.17, 15) is 4.79 Å². The summed E-state index contributed by atoms with van der Waals surface area (Å²) in [4.78, 5) is 20.5. The van der Waals surface area contributed by atoms with Gasteiger partial charge in [0.05, 0.1) is 30.9 Å². The van der Waals surface area contributed by atoms with Gasteiger partial charge in [-0.15, -0.1) is 0 Å². The molecule has 0 radical (unpaired) electrons. The molecule has 0 unspecified atom stereocenters. The number of amides is 1. The number of amidine groups is 1. The molecule has 5 nitrogen and oxygen atoms in total. The second-order valence-electron chi connectivity index (χ2n) is 7.03. The van der Waals surface area contributed by atoms with E-state index in [1.165, 1.54) is 11.8 Å². The van der Waals surface area contributed by atoms with E-state index in [1.54, 1.807) is 12.0 Å². The van der Waals surface area contributed by atoms with Crippen LogP contribution in [0.2, 0.25) is 0 Å². The van der Waals surface area contributed by atoms with Crippen molar-refractivity contribution in [1.29, 1.82) is 0 Å². The Morgan fingerprint density at radius 1 is 0.969 bits per heavy atom. The van der Waals surface area contributed by atoms with Crippen LogP contribution in [-0.2, 0) is 11.3 Å². The second kappa shape index (κ2) is 10.2. The first kappa shape index (κ1) is 21.7. The molecule has 0 saturated carbocycles. The summed E-state index contributed by atoms with van der Waals surface area (Å²) in [6, 6.07) is 25.2. The minimum absolute atomic E-state index is 0.0844. The van der Waals surface area contributed by atoms with Crippen LogP contribution in [0.3, 0.4) is 0 Å². The average Bonchev–Trinajstić information content (AvgIpc) is 3.10. The molecule has 0 aliphatic carbocycles. The monoisotopic (exact) mass is 444 g/mol. The average molecular weight is 445 g/mol. The Morgan fingerprint density at radius 2 is 1.69 bits per heavy atom. The van der Waals surface area contributed by atoms with E-state index in [1.807, 2.05) is 91.9 Å². The van der Waals surface area contributed by atoms with Crippen LogP contribution in [0.25, 0.3) is 6.08 Å². The number of para-hydroxylation sites is 2. The van der Waals surface area contributed by atoms with Gasteiger partial charge in [-0.2, -0.15) is 0 Å². The van der Waals surface area contributed by atoms with Crippen LogP contribution in [0.15, 0.2) is 88.8 Å². The number of carbonyl (C=O) groups excluding carboxylic acids is 1. The van der Waals surface area contributed by atoms with E-state index in [0.717, 1.165) is 16.8 Å². The Kier molecular flexibility index (Phi) is 6.92. The molecule has 1 amide bonds. The molecular formula is C26H24N2O3S. The number of hydrogen-bond acceptors (Lipinski definition) is 5. The van der Waals surface area contributed by atoms with Gasteiger partial charge in [0.2, 0.25) is 0 Å². The van der Waals surface area contributed by atoms with Crippen LogP contribution < -0.4 is 9.47 Å². The summed E-state index contributed by atoms with van der Waals surface area (Å²) in [7, 11) is 1.61. The predicted octanol–water partition coefficient (Wildman–Crippen LogP) is 5.90. The molecule has 1 saturated heterocycles. The molecule has 0 N–H and O–H groups in total. The van der Waals surface area contributed by atoms with Crippen LogP contribution in [0.1, 0.15) is 18.1 Å². The number of benzene rings is 3. The molecule has 4 rings (SSSR count). The Bertz CT molecular complexity index is 1140. The highest BCUT2D eigenvalue weighted by Gasteiger charge is 2.33. The Hall–Kier alpha value is -3.51. The van der Waals surface area contributed by atoms with Crippen molar-refractivity contribution in [2.45, 2.75) is 13.5 Å². The lowest BCUT2D eigenvalue weighted by molar-refractivity contribution is -0.122. The largest absolute Gasteiger partial charge is 0.493 e. The van der Waals surface area contributed by atoms with Crippen molar-refractivity contribution in [2.24, 2.45) is 4.99 Å². The summed E-state index contributed by atoms with van der Waals surface area (Å²) in [5.74, 6) is 1.18. The maximum absolute atomic E-state index is 13.4. The number of nitrogens with zero attached hydrogens (tertiary/aromatic N) is 2. The lowest BCUT2D eigenvalue weighted by Crippen LogP contribution is -2.28. The fraction of sp³-hybridized carbons (Fsp3) is 0.154. The predicted molar refractivity (Wildman–Crippen MR) is 130 cm³/mol. The number of rotatable bonds is 7. The van der Waals surface area contributed by atoms with E-state index in [0.29, 0.717) is 34.7 Å². The van der Waals surface area contributed by atoms with E-state index >= 15 is 0 Å². The smallest absolute Gasteiger partial charge is 0.267 e. The van der Waals surface area contributed by atoms with Crippen molar-refractivity contribution in [2.75, 3.05) is 13.7 Å². The Morgan fingerprint density at radius 3 is 2.38 bits per heavy atom. The zero-order valence-corrected chi connectivity index (χ0v) is 18.8. The molecule has 1 heterocycles. The fourth-order valence-corrected chi connectivity index (χ4v) is 4.35. The molecule has 0 bridgehead atoms. The van der Waals surface area contributed by atoms with Gasteiger partial charge in [0.1, 0.15) is 0 Å². The molecule has 0 spiro atoms. The number of aliphatic imine (C=N–C) groups is 1. The van der Waals surface area contributed by atoms with Gasteiger partial charge in [0, 0.05) is 5.56 Å². The maximum Gasteiger partial charge on any atom is 0.267 e. The zero-order valence-electron chi connectivity index (χ0n) is 18.0. The summed E-state index contributed by atoms with van der Waals surface area (Å²) in [5.41, 5.74) is 2.64. The number of methoxy groups -OCH3 is 1. The Labute approximate surface area is 192 Å². The molecular weight excluding hydrogens is 420 g/mol. The summed E-state index contributed by atoms with van der Waals surface area (Å²) in [6.45, 7) is 2.87. The number of hydrogen-bond donors (Lipinski definition) is 0. The number of carbonyl (C=O) groups is 1. The van der Waals surface area contributed by atoms with E-state index < -0.39 is 0 Å². The van der Waals surface area contributed by atoms with Gasteiger partial charge in [0.15, 0.2) is 16.7 Å². The van der Waals surface area contributed by atoms with Crippen molar-refractivity contribution in [3.8, 4) is 11.5 Å². The summed E-state index contributed by atoms with van der Waals surface area (Å²) >= 11 is 1.37. The second-order valence-corrected chi connectivity index (χ2v) is 8.04. The minimum Gasteiger partial charge on any atom is -0.493 e. The lowest BCUT2D eigenvalue weighted by atomic mass is 10.1. The highest BCUT2D eigenvalue weighted by Crippen LogP contribution is 2.38. The summed E-state index contributed by atoms with van der Waals surface area (Å²) in [6.07, 6.45) is 1.85. The molecule has 162 valence electrons. The van der Waals surface area contributed by atoms with Crippen LogP contribution in [0, 0.1) is 0 Å². The van der Waals surface area contributed by atoms with Gasteiger partial charge in [-0.3, -0.25) is 9.69 Å². The first-order valence-electron chi connectivity index (χ1n) is 10.4. The van der Waals surface area contributed by atoms with Gasteiger partial charge in [0.25, 0.3) is 5.91 Å². The maximum atomic E-state index is 13.4. The van der Waals surface area contributed by atoms with Crippen molar-refractivity contribution < 1.29 is 14.3 Å².